The van der Waals surface area contributed by atoms with Crippen LogP contribution in [-0.2, 0) is 0 Å². The maximum Gasteiger partial charge on any atom is 0.229 e. The molecule has 0 aromatic carbocycles. The Morgan fingerprint density at radius 1 is 1.18 bits per heavy atom. The maximum atomic E-state index is 6.08. The summed E-state index contributed by atoms with van der Waals surface area (Å²) in [5.74, 6) is 3.46. The fraction of sp³-hybridized carbons (Fsp3) is 0.846. The fourth-order valence-corrected chi connectivity index (χ4v) is 2.72. The van der Waals surface area contributed by atoms with Crippen molar-refractivity contribution < 1.29 is 4.52 Å². The minimum absolute atomic E-state index is 0.00462. The topological polar surface area (TPSA) is 64.9 Å². The first kappa shape index (κ1) is 11.2. The fourth-order valence-electron chi connectivity index (χ4n) is 2.72. The smallest absolute Gasteiger partial charge is 0.229 e. The summed E-state index contributed by atoms with van der Waals surface area (Å²) in [4.78, 5) is 4.52. The highest BCUT2D eigenvalue weighted by Gasteiger charge is 2.33. The number of nitrogens with two attached hydrogens (primary N) is 1. The SMILES string of the molecule is CC1CCC(c2nc(C(N)C3CC3)no2)CC1. The van der Waals surface area contributed by atoms with Gasteiger partial charge < -0.3 is 10.3 Å². The Balaban J connectivity index is 1.67. The number of rotatable bonds is 3. The van der Waals surface area contributed by atoms with Crippen molar-refractivity contribution in [2.75, 3.05) is 0 Å². The quantitative estimate of drug-likeness (QED) is 0.874. The average molecular weight is 235 g/mol. The summed E-state index contributed by atoms with van der Waals surface area (Å²) in [6.45, 7) is 2.32. The van der Waals surface area contributed by atoms with E-state index in [1.807, 2.05) is 0 Å². The van der Waals surface area contributed by atoms with Gasteiger partial charge in [0.25, 0.3) is 0 Å². The predicted molar refractivity (Wildman–Crippen MR) is 64.3 cm³/mol. The van der Waals surface area contributed by atoms with Gasteiger partial charge in [0.2, 0.25) is 5.89 Å². The molecule has 0 aliphatic heterocycles. The first-order chi connectivity index (χ1) is 8.24. The highest BCUT2D eigenvalue weighted by atomic mass is 16.5. The van der Waals surface area contributed by atoms with Gasteiger partial charge in [0, 0.05) is 5.92 Å². The molecule has 0 bridgehead atoms. The standard InChI is InChI=1S/C13H21N3O/c1-8-2-4-10(5-3-8)13-15-12(16-17-13)11(14)9-6-7-9/h8-11H,2-7,14H2,1H3. The first-order valence-electron chi connectivity index (χ1n) is 6.83. The molecule has 4 nitrogen and oxygen atoms in total. The molecule has 1 atom stereocenters. The lowest BCUT2D eigenvalue weighted by molar-refractivity contribution is 0.280. The van der Waals surface area contributed by atoms with Crippen molar-refractivity contribution in [2.45, 2.75) is 57.4 Å². The Morgan fingerprint density at radius 2 is 1.88 bits per heavy atom. The van der Waals surface area contributed by atoms with Crippen LogP contribution in [0.2, 0.25) is 0 Å². The molecule has 1 aromatic heterocycles. The van der Waals surface area contributed by atoms with Gasteiger partial charge in [-0.2, -0.15) is 4.98 Å². The van der Waals surface area contributed by atoms with Crippen molar-refractivity contribution in [3.8, 4) is 0 Å². The summed E-state index contributed by atoms with van der Waals surface area (Å²) in [7, 11) is 0. The highest BCUT2D eigenvalue weighted by molar-refractivity contribution is 5.02. The molecule has 1 heterocycles. The van der Waals surface area contributed by atoms with Crippen LogP contribution >= 0.6 is 0 Å². The van der Waals surface area contributed by atoms with Crippen LogP contribution in [0.15, 0.2) is 4.52 Å². The normalized spacial score (nSPS) is 31.4. The van der Waals surface area contributed by atoms with E-state index in [0.29, 0.717) is 11.8 Å². The second kappa shape index (κ2) is 4.41. The van der Waals surface area contributed by atoms with E-state index in [9.17, 15) is 0 Å². The molecule has 2 saturated carbocycles. The average Bonchev–Trinajstić information content (AvgIpc) is 3.07. The molecule has 2 aliphatic carbocycles. The minimum Gasteiger partial charge on any atom is -0.339 e. The molecule has 2 aliphatic rings. The van der Waals surface area contributed by atoms with Crippen molar-refractivity contribution in [3.63, 3.8) is 0 Å². The summed E-state index contributed by atoms with van der Waals surface area (Å²) >= 11 is 0. The van der Waals surface area contributed by atoms with E-state index in [4.69, 9.17) is 10.3 Å². The van der Waals surface area contributed by atoms with Crippen molar-refractivity contribution in [1.29, 1.82) is 0 Å². The van der Waals surface area contributed by atoms with E-state index in [2.05, 4.69) is 17.1 Å². The van der Waals surface area contributed by atoms with Crippen LogP contribution in [0.4, 0.5) is 0 Å². The number of hydrogen-bond acceptors (Lipinski definition) is 4. The zero-order valence-electron chi connectivity index (χ0n) is 10.4. The molecule has 0 saturated heterocycles. The van der Waals surface area contributed by atoms with Crippen molar-refractivity contribution >= 4 is 0 Å². The van der Waals surface area contributed by atoms with Crippen LogP contribution in [0, 0.1) is 11.8 Å². The third-order valence-corrected chi connectivity index (χ3v) is 4.25. The van der Waals surface area contributed by atoms with Gasteiger partial charge in [0.05, 0.1) is 6.04 Å². The predicted octanol–water partition coefficient (Wildman–Crippen LogP) is 2.77. The second-order valence-corrected chi connectivity index (χ2v) is 5.81. The molecule has 0 radical (unpaired) electrons. The van der Waals surface area contributed by atoms with Gasteiger partial charge >= 0.3 is 0 Å². The lowest BCUT2D eigenvalue weighted by Crippen LogP contribution is -2.15. The minimum atomic E-state index is -0.00462. The third kappa shape index (κ3) is 2.37. The van der Waals surface area contributed by atoms with E-state index < -0.39 is 0 Å². The summed E-state index contributed by atoms with van der Waals surface area (Å²) in [5, 5.41) is 4.06. The summed E-state index contributed by atoms with van der Waals surface area (Å²) in [5.41, 5.74) is 6.08. The number of hydrogen-bond donors (Lipinski definition) is 1. The van der Waals surface area contributed by atoms with Crippen molar-refractivity contribution in [2.24, 2.45) is 17.6 Å². The van der Waals surface area contributed by atoms with Crippen LogP contribution in [0.1, 0.15) is 69.1 Å². The van der Waals surface area contributed by atoms with Crippen molar-refractivity contribution in [1.82, 2.24) is 10.1 Å². The van der Waals surface area contributed by atoms with E-state index in [0.717, 1.165) is 17.6 Å². The van der Waals surface area contributed by atoms with E-state index in [1.54, 1.807) is 0 Å². The van der Waals surface area contributed by atoms with Gasteiger partial charge in [-0.25, -0.2) is 0 Å². The monoisotopic (exact) mass is 235 g/mol. The van der Waals surface area contributed by atoms with Gasteiger partial charge in [-0.05, 0) is 50.4 Å². The van der Waals surface area contributed by atoms with Gasteiger partial charge in [-0.15, -0.1) is 0 Å². The van der Waals surface area contributed by atoms with Gasteiger partial charge in [-0.1, -0.05) is 12.1 Å². The molecular formula is C13H21N3O. The summed E-state index contributed by atoms with van der Waals surface area (Å²) in [6, 6.07) is -0.00462. The molecule has 2 fully saturated rings. The molecule has 1 unspecified atom stereocenters. The lowest BCUT2D eigenvalue weighted by atomic mass is 9.83. The third-order valence-electron chi connectivity index (χ3n) is 4.25. The Bertz CT molecular complexity index is 378. The van der Waals surface area contributed by atoms with Crippen LogP contribution in [0.25, 0.3) is 0 Å². The number of nitrogens with zero attached hydrogens (tertiary/aromatic N) is 2. The largest absolute Gasteiger partial charge is 0.339 e. The zero-order valence-corrected chi connectivity index (χ0v) is 10.4. The molecule has 0 spiro atoms. The molecule has 3 rings (SSSR count). The Labute approximate surface area is 102 Å². The molecule has 17 heavy (non-hydrogen) atoms. The van der Waals surface area contributed by atoms with Crippen LogP contribution in [0.3, 0.4) is 0 Å². The summed E-state index contributed by atoms with van der Waals surface area (Å²) in [6.07, 6.45) is 7.34. The molecule has 0 amide bonds. The van der Waals surface area contributed by atoms with E-state index >= 15 is 0 Å². The molecule has 4 heteroatoms. The second-order valence-electron chi connectivity index (χ2n) is 5.81. The van der Waals surface area contributed by atoms with E-state index in [-0.39, 0.29) is 6.04 Å². The van der Waals surface area contributed by atoms with Gasteiger partial charge in [-0.3, -0.25) is 0 Å². The first-order valence-corrected chi connectivity index (χ1v) is 6.83. The Hall–Kier alpha value is -0.900. The Morgan fingerprint density at radius 3 is 2.53 bits per heavy atom. The van der Waals surface area contributed by atoms with Crippen LogP contribution < -0.4 is 5.73 Å². The lowest BCUT2D eigenvalue weighted by Gasteiger charge is -2.23. The van der Waals surface area contributed by atoms with Gasteiger partial charge in [0.1, 0.15) is 0 Å². The van der Waals surface area contributed by atoms with Crippen molar-refractivity contribution in [3.05, 3.63) is 11.7 Å². The summed E-state index contributed by atoms with van der Waals surface area (Å²) < 4.78 is 5.40. The molecule has 1 aromatic rings. The maximum absolute atomic E-state index is 6.08. The van der Waals surface area contributed by atoms with E-state index in [1.165, 1.54) is 38.5 Å². The highest BCUT2D eigenvalue weighted by Crippen LogP contribution is 2.39. The van der Waals surface area contributed by atoms with Gasteiger partial charge in [0.15, 0.2) is 5.82 Å². The molecule has 2 N–H and O–H groups in total. The van der Waals surface area contributed by atoms with Crippen LogP contribution in [0.5, 0.6) is 0 Å². The number of aromatic nitrogens is 2. The van der Waals surface area contributed by atoms with Crippen LogP contribution in [-0.4, -0.2) is 10.1 Å². The molecule has 94 valence electrons. The Kier molecular flexibility index (Phi) is 2.90. The molecular weight excluding hydrogens is 214 g/mol. The zero-order chi connectivity index (χ0) is 11.8.